The van der Waals surface area contributed by atoms with Crippen LogP contribution in [0.4, 0.5) is 0 Å². The lowest BCUT2D eigenvalue weighted by Gasteiger charge is -2.13. The molecule has 6 N–H and O–H groups in total. The fraction of sp³-hybridized carbons (Fsp3) is 0.200. The summed E-state index contributed by atoms with van der Waals surface area (Å²) in [6.45, 7) is 0. The summed E-state index contributed by atoms with van der Waals surface area (Å²) in [7, 11) is -10.0. The zero-order valence-corrected chi connectivity index (χ0v) is 9.42. The largest absolute Gasteiger partial charge is 0.480 e. The highest BCUT2D eigenvalue weighted by atomic mass is 31.2. The standard InChI is InChI=1S/C5H8N2O7P2/c8-5(16(12,13)14)3(15(9,10)11)4-6-1-2-7-4/h1-3,12-14H,(H2-,6,7,9,10,11)/p+1. The van der Waals surface area contributed by atoms with E-state index in [9.17, 15) is 9.36 Å². The van der Waals surface area contributed by atoms with Crippen molar-refractivity contribution < 1.29 is 33.8 Å². The third-order valence-electron chi connectivity index (χ3n) is 1.64. The first-order valence-electron chi connectivity index (χ1n) is 3.80. The number of carbonyl (C=O) groups excluding carboxylic acids is 1. The molecular formula is C5H9N2O7P2+. The number of nitrogens with zero attached hydrogens (tertiary/aromatic N) is 1. The smallest absolute Gasteiger partial charge is 0.347 e. The zero-order chi connectivity index (χ0) is 12.6. The Morgan fingerprint density at radius 1 is 1.44 bits per heavy atom. The van der Waals surface area contributed by atoms with Crippen LogP contribution >= 0.6 is 15.5 Å². The van der Waals surface area contributed by atoms with E-state index < -0.39 is 32.5 Å². The van der Waals surface area contributed by atoms with Gasteiger partial charge in [0.15, 0.2) is 0 Å². The molecule has 1 unspecified atom stereocenters. The van der Waals surface area contributed by atoms with Crippen molar-refractivity contribution >= 4 is 21.1 Å². The Hall–Kier alpha value is -0.660. The molecule has 1 heterocycles. The number of carbonyl (C=O) groups is 1. The van der Waals surface area contributed by atoms with Gasteiger partial charge in [-0.2, -0.15) is 14.7 Å². The summed E-state index contributed by atoms with van der Waals surface area (Å²) in [6, 6.07) is 0. The Balaban J connectivity index is 3.19. The molecule has 11 heteroatoms. The van der Waals surface area contributed by atoms with Gasteiger partial charge in [0, 0.05) is 12.4 Å². The summed E-state index contributed by atoms with van der Waals surface area (Å²) in [4.78, 5) is 60.9. The van der Waals surface area contributed by atoms with Gasteiger partial charge in [0.1, 0.15) is 5.82 Å². The lowest BCUT2D eigenvalue weighted by atomic mass is 10.4. The van der Waals surface area contributed by atoms with E-state index in [4.69, 9.17) is 24.5 Å². The maximum Gasteiger partial charge on any atom is 0.480 e. The third-order valence-corrected chi connectivity index (χ3v) is 3.85. The lowest BCUT2D eigenvalue weighted by molar-refractivity contribution is -0.114. The third kappa shape index (κ3) is 2.93. The molecule has 0 saturated carbocycles. The Morgan fingerprint density at radius 3 is 2.31 bits per heavy atom. The van der Waals surface area contributed by atoms with E-state index in [0.717, 1.165) is 6.20 Å². The number of nitrogens with one attached hydrogen (secondary N) is 1. The Bertz CT molecular complexity index is 418. The molecule has 1 aromatic heterocycles. The minimum atomic E-state index is -5.01. The summed E-state index contributed by atoms with van der Waals surface area (Å²) in [6.07, 6.45) is 2.31. The van der Waals surface area contributed by atoms with Gasteiger partial charge in [-0.3, -0.25) is 4.57 Å². The fourth-order valence-corrected chi connectivity index (χ4v) is 3.13. The maximum absolute atomic E-state index is 11.3. The van der Waals surface area contributed by atoms with E-state index in [-0.39, 0.29) is 0 Å². The van der Waals surface area contributed by atoms with Crippen molar-refractivity contribution in [2.45, 2.75) is 5.66 Å². The maximum atomic E-state index is 11.3. The first-order chi connectivity index (χ1) is 7.14. The van der Waals surface area contributed by atoms with Crippen molar-refractivity contribution in [2.24, 2.45) is 0 Å². The molecule has 0 amide bonds. The molecular weight excluding hydrogens is 262 g/mol. The minimum Gasteiger partial charge on any atom is -0.347 e. The predicted octanol–water partition coefficient (Wildman–Crippen LogP) is -1.11. The topological polar surface area (TPSA) is 164 Å². The second-order valence-corrected chi connectivity index (χ2v) is 6.14. The van der Waals surface area contributed by atoms with Crippen LogP contribution in [0.3, 0.4) is 0 Å². The average Bonchev–Trinajstić information content (AvgIpc) is 2.52. The van der Waals surface area contributed by atoms with E-state index in [1.807, 2.05) is 0 Å². The Morgan fingerprint density at radius 2 is 2.00 bits per heavy atom. The first-order valence-corrected chi connectivity index (χ1v) is 7.13. The molecule has 0 saturated heterocycles. The molecule has 0 fully saturated rings. The Kier molecular flexibility index (Phi) is 3.61. The Labute approximate surface area is 89.5 Å². The molecule has 1 rings (SSSR count). The number of H-pyrrole nitrogens is 1. The molecule has 0 spiro atoms. The van der Waals surface area contributed by atoms with Gasteiger partial charge in [-0.05, 0) is 0 Å². The molecule has 0 aromatic carbocycles. The number of imidazole rings is 1. The van der Waals surface area contributed by atoms with E-state index >= 15 is 0 Å². The molecule has 9 nitrogen and oxygen atoms in total. The van der Waals surface area contributed by atoms with Crippen LogP contribution in [0.15, 0.2) is 12.4 Å². The van der Waals surface area contributed by atoms with E-state index in [1.165, 1.54) is 6.20 Å². The quantitative estimate of drug-likeness (QED) is 0.375. The molecule has 1 atom stereocenters. The summed E-state index contributed by atoms with van der Waals surface area (Å²) in [5, 5.41) is 0. The van der Waals surface area contributed by atoms with Gasteiger partial charge in [-0.15, -0.1) is 0 Å². The van der Waals surface area contributed by atoms with Crippen molar-refractivity contribution in [3.8, 4) is 0 Å². The predicted molar refractivity (Wildman–Crippen MR) is 52.0 cm³/mol. The van der Waals surface area contributed by atoms with Crippen LogP contribution < -0.4 is 0 Å². The van der Waals surface area contributed by atoms with Crippen molar-refractivity contribution in [1.29, 1.82) is 0 Å². The van der Waals surface area contributed by atoms with Crippen LogP contribution in [0.1, 0.15) is 11.5 Å². The van der Waals surface area contributed by atoms with Crippen molar-refractivity contribution in [3.05, 3.63) is 18.2 Å². The monoisotopic (exact) mass is 271 g/mol. The summed E-state index contributed by atoms with van der Waals surface area (Å²) in [5.41, 5.74) is -3.97. The van der Waals surface area contributed by atoms with Crippen molar-refractivity contribution in [1.82, 2.24) is 9.97 Å². The SMILES string of the molecule is O=C(C(c1ncc[nH]1)P(=O)(O)O)[P+](O)(O)O. The number of hydrogen-bond acceptors (Lipinski definition) is 6. The number of aromatic nitrogens is 2. The van der Waals surface area contributed by atoms with Crippen LogP contribution in [0.5, 0.6) is 0 Å². The molecule has 0 aliphatic rings. The molecule has 90 valence electrons. The zero-order valence-electron chi connectivity index (χ0n) is 7.63. The minimum absolute atomic E-state index is 0.445. The normalized spacial score (nSPS) is 14.8. The lowest BCUT2D eigenvalue weighted by Crippen LogP contribution is -2.17. The second kappa shape index (κ2) is 4.31. The summed E-state index contributed by atoms with van der Waals surface area (Å²) < 4.78 is 11.0. The highest BCUT2D eigenvalue weighted by Gasteiger charge is 2.56. The summed E-state index contributed by atoms with van der Waals surface area (Å²) in [5.74, 6) is -0.445. The van der Waals surface area contributed by atoms with Gasteiger partial charge in [-0.25, -0.2) is 9.78 Å². The molecule has 0 aliphatic heterocycles. The molecule has 0 bridgehead atoms. The molecule has 16 heavy (non-hydrogen) atoms. The van der Waals surface area contributed by atoms with Gasteiger partial charge in [0.2, 0.25) is 5.66 Å². The highest BCUT2D eigenvalue weighted by Crippen LogP contribution is 2.60. The number of rotatable bonds is 4. The van der Waals surface area contributed by atoms with Gasteiger partial charge in [-0.1, -0.05) is 0 Å². The first kappa shape index (κ1) is 13.4. The van der Waals surface area contributed by atoms with Gasteiger partial charge < -0.3 is 14.8 Å². The van der Waals surface area contributed by atoms with Crippen LogP contribution in [0, 0.1) is 0 Å². The highest BCUT2D eigenvalue weighted by molar-refractivity contribution is 7.78. The van der Waals surface area contributed by atoms with Gasteiger partial charge in [0.05, 0.1) is 0 Å². The number of aromatic amines is 1. The van der Waals surface area contributed by atoms with Crippen LogP contribution in [0.25, 0.3) is 0 Å². The van der Waals surface area contributed by atoms with Crippen LogP contribution in [0.2, 0.25) is 0 Å². The number of hydrogen-bond donors (Lipinski definition) is 6. The van der Waals surface area contributed by atoms with Gasteiger partial charge >= 0.3 is 21.1 Å². The van der Waals surface area contributed by atoms with Crippen molar-refractivity contribution in [2.75, 3.05) is 0 Å². The molecule has 0 radical (unpaired) electrons. The van der Waals surface area contributed by atoms with Gasteiger partial charge in [0.25, 0.3) is 0 Å². The van der Waals surface area contributed by atoms with E-state index in [2.05, 4.69) is 9.97 Å². The summed E-state index contributed by atoms with van der Waals surface area (Å²) >= 11 is 0. The van der Waals surface area contributed by atoms with E-state index in [0.29, 0.717) is 0 Å². The molecule has 0 aliphatic carbocycles. The second-order valence-electron chi connectivity index (χ2n) is 2.87. The van der Waals surface area contributed by atoms with Crippen LogP contribution in [-0.4, -0.2) is 40.0 Å². The van der Waals surface area contributed by atoms with Crippen LogP contribution in [-0.2, 0) is 9.36 Å². The molecule has 1 aromatic rings. The fourth-order valence-electron chi connectivity index (χ4n) is 1.01. The van der Waals surface area contributed by atoms with E-state index in [1.54, 1.807) is 0 Å². The van der Waals surface area contributed by atoms with Crippen molar-refractivity contribution in [3.63, 3.8) is 0 Å². The average molecular weight is 271 g/mol.